The van der Waals surface area contributed by atoms with Crippen LogP contribution >= 0.6 is 0 Å². The normalized spacial score (nSPS) is 8.92. The molecule has 1 N–H and O–H groups in total. The molecular weight excluding hydrogens is 150 g/mol. The van der Waals surface area contributed by atoms with Gasteiger partial charge in [-0.1, -0.05) is 19.2 Å². The Balaban J connectivity index is 3.14. The van der Waals surface area contributed by atoms with Crippen molar-refractivity contribution in [2.24, 2.45) is 0 Å². The third kappa shape index (κ3) is 1.28. The number of hydrogen-bond acceptors (Lipinski definition) is 2. The predicted octanol–water partition coefficient (Wildman–Crippen LogP) is 1.76. The topological polar surface area (TPSA) is 52.5 Å². The van der Waals surface area contributed by atoms with Gasteiger partial charge >= 0.3 is 0 Å². The fourth-order valence-corrected chi connectivity index (χ4v) is 1.000. The highest BCUT2D eigenvalue weighted by Gasteiger charge is 2.05. The molecule has 0 aliphatic heterocycles. The van der Waals surface area contributed by atoms with Crippen LogP contribution in [0.2, 0.25) is 0 Å². The highest BCUT2D eigenvalue weighted by molar-refractivity contribution is 5.62. The molecule has 0 bridgehead atoms. The zero-order valence-corrected chi connectivity index (χ0v) is 6.67. The predicted molar refractivity (Wildman–Crippen MR) is 48.1 cm³/mol. The molecular formula is C9H9N3. The van der Waals surface area contributed by atoms with Crippen LogP contribution in [-0.2, 0) is 6.42 Å². The van der Waals surface area contributed by atoms with Gasteiger partial charge in [-0.15, -0.1) is 0 Å². The summed E-state index contributed by atoms with van der Waals surface area (Å²) in [5.41, 5.74) is 2.41. The first-order valence-corrected chi connectivity index (χ1v) is 3.52. The Bertz CT molecular complexity index is 341. The molecule has 0 aliphatic rings. The van der Waals surface area contributed by atoms with Gasteiger partial charge in [0.1, 0.15) is 0 Å². The molecule has 0 saturated carbocycles. The molecule has 0 amide bonds. The van der Waals surface area contributed by atoms with E-state index < -0.39 is 0 Å². The van der Waals surface area contributed by atoms with Gasteiger partial charge in [-0.25, -0.2) is 0 Å². The highest BCUT2D eigenvalue weighted by atomic mass is 15.1. The van der Waals surface area contributed by atoms with Gasteiger partial charge in [0.25, 0.3) is 0 Å². The Labute approximate surface area is 71.0 Å². The first kappa shape index (κ1) is 8.28. The number of hydrogen-bond donors (Lipinski definition) is 1. The van der Waals surface area contributed by atoms with Gasteiger partial charge in [0.15, 0.2) is 0 Å². The highest BCUT2D eigenvalue weighted by Crippen LogP contribution is 2.13. The fraction of sp³-hybridized carbons (Fsp3) is 0.111. The molecule has 0 spiro atoms. The number of aromatic amines is 1. The zero-order valence-electron chi connectivity index (χ0n) is 6.67. The summed E-state index contributed by atoms with van der Waals surface area (Å²) in [7, 11) is 0. The van der Waals surface area contributed by atoms with Crippen LogP contribution in [0.5, 0.6) is 0 Å². The summed E-state index contributed by atoms with van der Waals surface area (Å²) in [6, 6.07) is 2.04. The Morgan fingerprint density at radius 3 is 2.75 bits per heavy atom. The van der Waals surface area contributed by atoms with Crippen LogP contribution in [0, 0.1) is 11.3 Å². The summed E-state index contributed by atoms with van der Waals surface area (Å²) in [6.07, 6.45) is 3.63. The van der Waals surface area contributed by atoms with E-state index in [2.05, 4.69) is 23.4 Å². The van der Waals surface area contributed by atoms with Gasteiger partial charge < -0.3 is 0 Å². The van der Waals surface area contributed by atoms with Crippen molar-refractivity contribution in [2.45, 2.75) is 6.42 Å². The molecule has 1 aromatic heterocycles. The Morgan fingerprint density at radius 2 is 2.25 bits per heavy atom. The molecule has 1 aromatic rings. The molecule has 0 aliphatic carbocycles. The second kappa shape index (κ2) is 3.54. The Hall–Kier alpha value is -1.82. The maximum Gasteiger partial charge on any atom is 0.0917 e. The van der Waals surface area contributed by atoms with Crippen molar-refractivity contribution >= 4 is 12.2 Å². The summed E-state index contributed by atoms with van der Waals surface area (Å²) >= 11 is 0. The average molecular weight is 159 g/mol. The van der Waals surface area contributed by atoms with E-state index in [1.165, 1.54) is 0 Å². The average Bonchev–Trinajstić information content (AvgIpc) is 2.47. The standard InChI is InChI=1S/C9H9N3/c1-3-7-8(4-2)11-12-9(7)5-6-10/h3-4H,1-2,5H2,(H,11,12). The zero-order chi connectivity index (χ0) is 8.97. The van der Waals surface area contributed by atoms with E-state index in [0.717, 1.165) is 17.0 Å². The number of rotatable bonds is 3. The summed E-state index contributed by atoms with van der Waals surface area (Å²) in [6.45, 7) is 7.24. The SMILES string of the molecule is C=Cc1n[nH]c(CC#N)c1C=C. The van der Waals surface area contributed by atoms with Crippen LogP contribution in [-0.4, -0.2) is 10.2 Å². The smallest absolute Gasteiger partial charge is 0.0917 e. The van der Waals surface area contributed by atoms with Crippen LogP contribution in [0.3, 0.4) is 0 Å². The second-order valence-electron chi connectivity index (χ2n) is 2.24. The lowest BCUT2D eigenvalue weighted by atomic mass is 10.1. The molecule has 1 rings (SSSR count). The van der Waals surface area contributed by atoms with Crippen LogP contribution in [0.15, 0.2) is 13.2 Å². The number of nitriles is 1. The molecule has 0 unspecified atom stereocenters. The molecule has 1 heterocycles. The van der Waals surface area contributed by atoms with Crippen molar-refractivity contribution in [2.75, 3.05) is 0 Å². The molecule has 60 valence electrons. The maximum absolute atomic E-state index is 8.46. The summed E-state index contributed by atoms with van der Waals surface area (Å²) in [5, 5.41) is 15.2. The number of nitrogens with zero attached hydrogens (tertiary/aromatic N) is 2. The second-order valence-corrected chi connectivity index (χ2v) is 2.24. The summed E-state index contributed by atoms with van der Waals surface area (Å²) < 4.78 is 0. The molecule has 3 heteroatoms. The number of nitrogens with one attached hydrogen (secondary N) is 1. The lowest BCUT2D eigenvalue weighted by Crippen LogP contribution is -1.84. The molecule has 12 heavy (non-hydrogen) atoms. The van der Waals surface area contributed by atoms with E-state index in [0.29, 0.717) is 6.42 Å². The fourth-order valence-electron chi connectivity index (χ4n) is 1.000. The van der Waals surface area contributed by atoms with Crippen molar-refractivity contribution in [3.05, 3.63) is 30.1 Å². The van der Waals surface area contributed by atoms with Crippen molar-refractivity contribution in [3.8, 4) is 6.07 Å². The third-order valence-electron chi connectivity index (χ3n) is 1.57. The quantitative estimate of drug-likeness (QED) is 0.730. The molecule has 0 radical (unpaired) electrons. The minimum atomic E-state index is 0.322. The molecule has 0 fully saturated rings. The number of aromatic nitrogens is 2. The Morgan fingerprint density at radius 1 is 1.50 bits per heavy atom. The van der Waals surface area contributed by atoms with Crippen molar-refractivity contribution in [1.29, 1.82) is 5.26 Å². The Kier molecular flexibility index (Phi) is 2.44. The largest absolute Gasteiger partial charge is 0.280 e. The summed E-state index contributed by atoms with van der Waals surface area (Å²) in [5.74, 6) is 0. The van der Waals surface area contributed by atoms with E-state index in [-0.39, 0.29) is 0 Å². The molecule has 0 aromatic carbocycles. The van der Waals surface area contributed by atoms with Gasteiger partial charge in [0, 0.05) is 5.56 Å². The van der Waals surface area contributed by atoms with Crippen LogP contribution in [0.25, 0.3) is 12.2 Å². The molecule has 0 saturated heterocycles. The first-order valence-electron chi connectivity index (χ1n) is 3.52. The van der Waals surface area contributed by atoms with E-state index in [4.69, 9.17) is 5.26 Å². The lowest BCUT2D eigenvalue weighted by molar-refractivity contribution is 1.01. The first-order chi connectivity index (χ1) is 5.83. The monoisotopic (exact) mass is 159 g/mol. The van der Waals surface area contributed by atoms with E-state index >= 15 is 0 Å². The minimum Gasteiger partial charge on any atom is -0.280 e. The van der Waals surface area contributed by atoms with Crippen molar-refractivity contribution in [1.82, 2.24) is 10.2 Å². The van der Waals surface area contributed by atoms with E-state index in [1.807, 2.05) is 6.07 Å². The van der Waals surface area contributed by atoms with Crippen molar-refractivity contribution in [3.63, 3.8) is 0 Å². The van der Waals surface area contributed by atoms with Gasteiger partial charge in [0.05, 0.1) is 23.9 Å². The van der Waals surface area contributed by atoms with Crippen molar-refractivity contribution < 1.29 is 0 Å². The minimum absolute atomic E-state index is 0.322. The summed E-state index contributed by atoms with van der Waals surface area (Å²) in [4.78, 5) is 0. The van der Waals surface area contributed by atoms with Crippen LogP contribution in [0.1, 0.15) is 17.0 Å². The number of H-pyrrole nitrogens is 1. The van der Waals surface area contributed by atoms with Crippen LogP contribution in [0.4, 0.5) is 0 Å². The van der Waals surface area contributed by atoms with Gasteiger partial charge in [-0.3, -0.25) is 5.10 Å². The molecule has 0 atom stereocenters. The van der Waals surface area contributed by atoms with Gasteiger partial charge in [-0.2, -0.15) is 10.4 Å². The molecule has 3 nitrogen and oxygen atoms in total. The lowest BCUT2D eigenvalue weighted by Gasteiger charge is -1.90. The van der Waals surface area contributed by atoms with Gasteiger partial charge in [0.2, 0.25) is 0 Å². The van der Waals surface area contributed by atoms with E-state index in [9.17, 15) is 0 Å². The van der Waals surface area contributed by atoms with Gasteiger partial charge in [-0.05, 0) is 6.08 Å². The maximum atomic E-state index is 8.46. The van der Waals surface area contributed by atoms with Crippen LogP contribution < -0.4 is 0 Å². The van der Waals surface area contributed by atoms with E-state index in [1.54, 1.807) is 12.2 Å². The third-order valence-corrected chi connectivity index (χ3v) is 1.57.